The first-order chi connectivity index (χ1) is 15.8. The first-order valence-corrected chi connectivity index (χ1v) is 12.1. The van der Waals surface area contributed by atoms with E-state index in [1.54, 1.807) is 12.1 Å². The Balaban J connectivity index is 1.38. The Morgan fingerprint density at radius 2 is 1.76 bits per heavy atom. The predicted octanol–water partition coefficient (Wildman–Crippen LogP) is 4.37. The van der Waals surface area contributed by atoms with E-state index in [9.17, 15) is 22.0 Å². The maximum absolute atomic E-state index is 13.9. The molecule has 1 aromatic heterocycles. The highest BCUT2D eigenvalue weighted by atomic mass is 32.2. The van der Waals surface area contributed by atoms with Crippen LogP contribution in [0.5, 0.6) is 0 Å². The van der Waals surface area contributed by atoms with Gasteiger partial charge in [0.15, 0.2) is 11.7 Å². The predicted molar refractivity (Wildman–Crippen MR) is 118 cm³/mol. The van der Waals surface area contributed by atoms with Gasteiger partial charge in [-0.1, -0.05) is 18.6 Å². The monoisotopic (exact) mass is 475 g/mol. The van der Waals surface area contributed by atoms with Crippen LogP contribution in [-0.2, 0) is 21.2 Å². The number of hydrogen-bond donors (Lipinski definition) is 1. The summed E-state index contributed by atoms with van der Waals surface area (Å²) in [6.07, 6.45) is 3.99. The lowest BCUT2D eigenvalue weighted by Crippen LogP contribution is -2.35. The van der Waals surface area contributed by atoms with E-state index in [0.717, 1.165) is 31.4 Å². The van der Waals surface area contributed by atoms with E-state index in [1.165, 1.54) is 28.7 Å². The van der Waals surface area contributed by atoms with Crippen molar-refractivity contribution >= 4 is 21.6 Å². The quantitative estimate of drug-likeness (QED) is 0.548. The first kappa shape index (κ1) is 23.1. The highest BCUT2D eigenvalue weighted by Crippen LogP contribution is 2.27. The molecule has 1 aliphatic rings. The third-order valence-corrected chi connectivity index (χ3v) is 7.29. The van der Waals surface area contributed by atoms with E-state index in [4.69, 9.17) is 4.42 Å². The van der Waals surface area contributed by atoms with E-state index in [0.29, 0.717) is 18.8 Å². The lowest BCUT2D eigenvalue weighted by Gasteiger charge is -2.26. The number of benzene rings is 2. The minimum atomic E-state index is -3.61. The van der Waals surface area contributed by atoms with Gasteiger partial charge in [0.1, 0.15) is 11.6 Å². The van der Waals surface area contributed by atoms with Crippen LogP contribution in [0.25, 0.3) is 11.3 Å². The zero-order valence-electron chi connectivity index (χ0n) is 17.8. The standard InChI is InChI=1S/C23H23F2N3O4S/c24-18-8-5-9-19(25)23(18)20-15-26-22(32-20)11-10-21(29)27-16-6-4-7-17(14-16)33(30,31)28-12-2-1-3-13-28/h4-9,14-15H,1-3,10-13H2,(H,27,29). The molecule has 0 spiro atoms. The first-order valence-electron chi connectivity index (χ1n) is 10.6. The van der Waals surface area contributed by atoms with Crippen molar-refractivity contribution in [2.75, 3.05) is 18.4 Å². The number of rotatable bonds is 7. The van der Waals surface area contributed by atoms with Crippen molar-refractivity contribution in [2.24, 2.45) is 0 Å². The largest absolute Gasteiger partial charge is 0.441 e. The number of oxazole rings is 1. The summed E-state index contributed by atoms with van der Waals surface area (Å²) in [6.45, 7) is 0.988. The van der Waals surface area contributed by atoms with Gasteiger partial charge in [-0.3, -0.25) is 4.79 Å². The molecule has 1 aliphatic heterocycles. The zero-order valence-corrected chi connectivity index (χ0v) is 18.6. The Hall–Kier alpha value is -3.11. The molecule has 174 valence electrons. The van der Waals surface area contributed by atoms with Crippen LogP contribution in [0.3, 0.4) is 0 Å². The summed E-state index contributed by atoms with van der Waals surface area (Å²) in [5.74, 6) is -1.81. The molecule has 0 saturated carbocycles. The molecular formula is C23H23F2N3O4S. The zero-order chi connectivity index (χ0) is 23.4. The highest BCUT2D eigenvalue weighted by molar-refractivity contribution is 7.89. The molecule has 7 nitrogen and oxygen atoms in total. The van der Waals surface area contributed by atoms with Crippen LogP contribution < -0.4 is 5.32 Å². The summed E-state index contributed by atoms with van der Waals surface area (Å²) in [6, 6.07) is 9.62. The maximum atomic E-state index is 13.9. The lowest BCUT2D eigenvalue weighted by molar-refractivity contribution is -0.116. The molecule has 0 atom stereocenters. The lowest BCUT2D eigenvalue weighted by atomic mass is 10.1. The van der Waals surface area contributed by atoms with E-state index in [-0.39, 0.29) is 40.9 Å². The molecule has 1 fully saturated rings. The molecule has 2 heterocycles. The fraction of sp³-hybridized carbons (Fsp3) is 0.304. The molecule has 4 rings (SSSR count). The Kier molecular flexibility index (Phi) is 6.85. The Bertz CT molecular complexity index is 1230. The number of piperidine rings is 1. The summed E-state index contributed by atoms with van der Waals surface area (Å²) in [7, 11) is -3.61. The summed E-state index contributed by atoms with van der Waals surface area (Å²) in [5.41, 5.74) is 0.0482. The summed E-state index contributed by atoms with van der Waals surface area (Å²) >= 11 is 0. The van der Waals surface area contributed by atoms with Crippen molar-refractivity contribution in [2.45, 2.75) is 37.0 Å². The SMILES string of the molecule is O=C(CCc1ncc(-c2c(F)cccc2F)o1)Nc1cccc(S(=O)(=O)N2CCCCC2)c1. The Morgan fingerprint density at radius 1 is 1.06 bits per heavy atom. The number of nitrogens with one attached hydrogen (secondary N) is 1. The topological polar surface area (TPSA) is 92.5 Å². The van der Waals surface area contributed by atoms with Crippen molar-refractivity contribution < 1.29 is 26.4 Å². The van der Waals surface area contributed by atoms with E-state index >= 15 is 0 Å². The molecule has 1 N–H and O–H groups in total. The molecule has 1 amide bonds. The van der Waals surface area contributed by atoms with E-state index < -0.39 is 21.7 Å². The number of sulfonamides is 1. The molecule has 0 aliphatic carbocycles. The van der Waals surface area contributed by atoms with Crippen molar-refractivity contribution in [1.82, 2.24) is 9.29 Å². The molecule has 33 heavy (non-hydrogen) atoms. The van der Waals surface area contributed by atoms with Gasteiger partial charge in [-0.2, -0.15) is 4.31 Å². The van der Waals surface area contributed by atoms with Crippen molar-refractivity contribution in [3.8, 4) is 11.3 Å². The van der Waals surface area contributed by atoms with Crippen molar-refractivity contribution in [3.63, 3.8) is 0 Å². The van der Waals surface area contributed by atoms with E-state index in [1.807, 2.05) is 0 Å². The van der Waals surface area contributed by atoms with Gasteiger partial charge in [-0.25, -0.2) is 22.2 Å². The van der Waals surface area contributed by atoms with Gasteiger partial charge in [-0.05, 0) is 43.2 Å². The third-order valence-electron chi connectivity index (χ3n) is 5.40. The van der Waals surface area contributed by atoms with Gasteiger partial charge in [0.2, 0.25) is 15.9 Å². The van der Waals surface area contributed by atoms with Crippen LogP contribution in [-0.4, -0.2) is 36.7 Å². The van der Waals surface area contributed by atoms with Gasteiger partial charge in [0, 0.05) is 31.6 Å². The normalized spacial score (nSPS) is 14.8. The molecule has 1 saturated heterocycles. The van der Waals surface area contributed by atoms with Crippen LogP contribution >= 0.6 is 0 Å². The van der Waals surface area contributed by atoms with Gasteiger partial charge >= 0.3 is 0 Å². The average Bonchev–Trinajstić information content (AvgIpc) is 3.27. The fourth-order valence-electron chi connectivity index (χ4n) is 3.71. The van der Waals surface area contributed by atoms with Gasteiger partial charge < -0.3 is 9.73 Å². The summed E-state index contributed by atoms with van der Waals surface area (Å²) in [4.78, 5) is 16.5. The number of carbonyl (C=O) groups is 1. The number of carbonyl (C=O) groups excluding carboxylic acids is 1. The van der Waals surface area contributed by atoms with Gasteiger partial charge in [0.05, 0.1) is 16.7 Å². The molecule has 3 aromatic rings. The second-order valence-electron chi connectivity index (χ2n) is 7.76. The Morgan fingerprint density at radius 3 is 2.48 bits per heavy atom. The molecule has 0 radical (unpaired) electrons. The minimum absolute atomic E-state index is 0.0111. The number of aromatic nitrogens is 1. The van der Waals surface area contributed by atoms with Crippen LogP contribution in [0.2, 0.25) is 0 Å². The van der Waals surface area contributed by atoms with Gasteiger partial charge in [0.25, 0.3) is 0 Å². The van der Waals surface area contributed by atoms with Gasteiger partial charge in [-0.15, -0.1) is 0 Å². The second kappa shape index (κ2) is 9.80. The third kappa shape index (κ3) is 5.28. The number of hydrogen-bond acceptors (Lipinski definition) is 5. The van der Waals surface area contributed by atoms with Crippen LogP contribution in [0.15, 0.2) is 58.0 Å². The Labute approximate surface area is 190 Å². The van der Waals surface area contributed by atoms with Crippen molar-refractivity contribution in [3.05, 3.63) is 66.2 Å². The molecule has 0 bridgehead atoms. The number of aryl methyl sites for hydroxylation is 1. The average molecular weight is 476 g/mol. The number of amides is 1. The number of nitrogens with zero attached hydrogens (tertiary/aromatic N) is 2. The second-order valence-corrected chi connectivity index (χ2v) is 9.69. The van der Waals surface area contributed by atoms with E-state index in [2.05, 4.69) is 10.3 Å². The molecule has 10 heteroatoms. The van der Waals surface area contributed by atoms with Crippen LogP contribution in [0, 0.1) is 11.6 Å². The summed E-state index contributed by atoms with van der Waals surface area (Å²) < 4.78 is 60.4. The molecule has 0 unspecified atom stereocenters. The maximum Gasteiger partial charge on any atom is 0.243 e. The van der Waals surface area contributed by atoms with Crippen LogP contribution in [0.1, 0.15) is 31.6 Å². The smallest absolute Gasteiger partial charge is 0.243 e. The minimum Gasteiger partial charge on any atom is -0.441 e. The van der Waals surface area contributed by atoms with Crippen LogP contribution in [0.4, 0.5) is 14.5 Å². The molecular weight excluding hydrogens is 452 g/mol. The fourth-order valence-corrected chi connectivity index (χ4v) is 5.27. The van der Waals surface area contributed by atoms with Crippen molar-refractivity contribution in [1.29, 1.82) is 0 Å². The highest BCUT2D eigenvalue weighted by Gasteiger charge is 2.26. The number of halogens is 2. The summed E-state index contributed by atoms with van der Waals surface area (Å²) in [5, 5.41) is 2.67. The molecule has 2 aromatic carbocycles. The number of anilines is 1.